The zero-order valence-corrected chi connectivity index (χ0v) is 8.41. The summed E-state index contributed by atoms with van der Waals surface area (Å²) >= 11 is 0. The SMILES string of the molecule is C=CCC(N)C(=O)NC1CC=CCC1. The van der Waals surface area contributed by atoms with E-state index in [1.54, 1.807) is 6.08 Å². The highest BCUT2D eigenvalue weighted by atomic mass is 16.2. The molecule has 0 aromatic rings. The fourth-order valence-corrected chi connectivity index (χ4v) is 1.52. The number of nitrogens with two attached hydrogens (primary N) is 1. The van der Waals surface area contributed by atoms with Gasteiger partial charge in [-0.15, -0.1) is 6.58 Å². The molecule has 2 unspecified atom stereocenters. The summed E-state index contributed by atoms with van der Waals surface area (Å²) in [5, 5.41) is 2.94. The molecule has 0 aromatic heterocycles. The average molecular weight is 194 g/mol. The molecule has 0 saturated carbocycles. The first kappa shape index (κ1) is 11.0. The van der Waals surface area contributed by atoms with Crippen LogP contribution in [0.3, 0.4) is 0 Å². The average Bonchev–Trinajstić information content (AvgIpc) is 2.19. The van der Waals surface area contributed by atoms with Gasteiger partial charge in [0.2, 0.25) is 5.91 Å². The predicted octanol–water partition coefficient (Wildman–Crippen LogP) is 1.11. The Labute approximate surface area is 85.1 Å². The van der Waals surface area contributed by atoms with Gasteiger partial charge in [-0.1, -0.05) is 18.2 Å². The molecule has 1 rings (SSSR count). The summed E-state index contributed by atoms with van der Waals surface area (Å²) < 4.78 is 0. The first-order valence-electron chi connectivity index (χ1n) is 5.06. The Balaban J connectivity index is 2.32. The molecule has 3 nitrogen and oxygen atoms in total. The number of nitrogens with one attached hydrogen (secondary N) is 1. The Kier molecular flexibility index (Phi) is 4.40. The molecule has 14 heavy (non-hydrogen) atoms. The van der Waals surface area contributed by atoms with Crippen LogP contribution in [0.2, 0.25) is 0 Å². The highest BCUT2D eigenvalue weighted by molar-refractivity contribution is 5.81. The van der Waals surface area contributed by atoms with Gasteiger partial charge in [0.05, 0.1) is 6.04 Å². The molecule has 2 atom stereocenters. The van der Waals surface area contributed by atoms with E-state index >= 15 is 0 Å². The molecule has 0 saturated heterocycles. The molecule has 78 valence electrons. The van der Waals surface area contributed by atoms with Crippen LogP contribution < -0.4 is 11.1 Å². The van der Waals surface area contributed by atoms with E-state index in [1.807, 2.05) is 0 Å². The molecule has 1 aliphatic rings. The Bertz CT molecular complexity index is 235. The summed E-state index contributed by atoms with van der Waals surface area (Å²) in [6.07, 6.45) is 9.44. The molecular formula is C11H18N2O. The van der Waals surface area contributed by atoms with E-state index in [-0.39, 0.29) is 11.9 Å². The van der Waals surface area contributed by atoms with Crippen molar-refractivity contribution in [3.8, 4) is 0 Å². The quantitative estimate of drug-likeness (QED) is 0.659. The van der Waals surface area contributed by atoms with Crippen LogP contribution >= 0.6 is 0 Å². The molecule has 0 heterocycles. The third kappa shape index (κ3) is 3.34. The number of amides is 1. The lowest BCUT2D eigenvalue weighted by atomic mass is 10.0. The van der Waals surface area contributed by atoms with Crippen molar-refractivity contribution in [1.29, 1.82) is 0 Å². The Morgan fingerprint density at radius 2 is 2.50 bits per heavy atom. The van der Waals surface area contributed by atoms with E-state index in [9.17, 15) is 4.79 Å². The van der Waals surface area contributed by atoms with E-state index in [0.29, 0.717) is 6.42 Å². The second-order valence-electron chi connectivity index (χ2n) is 3.62. The van der Waals surface area contributed by atoms with Crippen molar-refractivity contribution in [2.45, 2.75) is 37.8 Å². The maximum atomic E-state index is 11.5. The number of hydrogen-bond donors (Lipinski definition) is 2. The maximum absolute atomic E-state index is 11.5. The summed E-state index contributed by atoms with van der Waals surface area (Å²) in [6, 6.07) is -0.179. The van der Waals surface area contributed by atoms with Crippen LogP contribution in [-0.2, 0) is 4.79 Å². The molecule has 0 fully saturated rings. The van der Waals surface area contributed by atoms with E-state index < -0.39 is 6.04 Å². The van der Waals surface area contributed by atoms with Crippen LogP contribution in [0.5, 0.6) is 0 Å². The van der Waals surface area contributed by atoms with Crippen LogP contribution in [0, 0.1) is 0 Å². The van der Waals surface area contributed by atoms with E-state index in [1.165, 1.54) is 0 Å². The molecule has 0 radical (unpaired) electrons. The van der Waals surface area contributed by atoms with Gasteiger partial charge in [-0.05, 0) is 25.7 Å². The third-order valence-corrected chi connectivity index (χ3v) is 2.37. The van der Waals surface area contributed by atoms with Crippen LogP contribution in [0.25, 0.3) is 0 Å². The van der Waals surface area contributed by atoms with Crippen molar-refractivity contribution >= 4 is 5.91 Å². The number of hydrogen-bond acceptors (Lipinski definition) is 2. The topological polar surface area (TPSA) is 55.1 Å². The molecule has 0 spiro atoms. The van der Waals surface area contributed by atoms with Gasteiger partial charge < -0.3 is 11.1 Å². The van der Waals surface area contributed by atoms with E-state index in [2.05, 4.69) is 24.0 Å². The standard InChI is InChI=1S/C11H18N2O/c1-2-6-10(12)11(14)13-9-7-4-3-5-8-9/h2-4,9-10H,1,5-8,12H2,(H,13,14). The van der Waals surface area contributed by atoms with Crippen LogP contribution in [0.1, 0.15) is 25.7 Å². The minimum atomic E-state index is -0.446. The second-order valence-corrected chi connectivity index (χ2v) is 3.62. The van der Waals surface area contributed by atoms with Crippen molar-refractivity contribution in [3.05, 3.63) is 24.8 Å². The smallest absolute Gasteiger partial charge is 0.237 e. The number of allylic oxidation sites excluding steroid dienone is 1. The Hall–Kier alpha value is -1.09. The van der Waals surface area contributed by atoms with Crippen molar-refractivity contribution in [2.75, 3.05) is 0 Å². The minimum Gasteiger partial charge on any atom is -0.352 e. The van der Waals surface area contributed by atoms with Crippen LogP contribution in [0.15, 0.2) is 24.8 Å². The van der Waals surface area contributed by atoms with Crippen molar-refractivity contribution in [1.82, 2.24) is 5.32 Å². The number of carbonyl (C=O) groups excluding carboxylic acids is 1. The highest BCUT2D eigenvalue weighted by Gasteiger charge is 2.16. The monoisotopic (exact) mass is 194 g/mol. The summed E-state index contributed by atoms with van der Waals surface area (Å²) in [5.41, 5.74) is 5.64. The first-order valence-corrected chi connectivity index (χ1v) is 5.06. The number of carbonyl (C=O) groups is 1. The summed E-state index contributed by atoms with van der Waals surface area (Å²) in [7, 11) is 0. The lowest BCUT2D eigenvalue weighted by Crippen LogP contribution is -2.45. The van der Waals surface area contributed by atoms with Gasteiger partial charge in [0.15, 0.2) is 0 Å². The van der Waals surface area contributed by atoms with E-state index in [4.69, 9.17) is 5.73 Å². The normalized spacial score (nSPS) is 22.8. The molecule has 3 heteroatoms. The molecule has 0 aliphatic heterocycles. The first-order chi connectivity index (χ1) is 6.74. The third-order valence-electron chi connectivity index (χ3n) is 2.37. The maximum Gasteiger partial charge on any atom is 0.237 e. The molecule has 1 amide bonds. The van der Waals surface area contributed by atoms with Crippen LogP contribution in [0.4, 0.5) is 0 Å². The zero-order valence-electron chi connectivity index (χ0n) is 8.41. The minimum absolute atomic E-state index is 0.0646. The van der Waals surface area contributed by atoms with Crippen LogP contribution in [-0.4, -0.2) is 18.0 Å². The number of rotatable bonds is 4. The van der Waals surface area contributed by atoms with Crippen molar-refractivity contribution in [3.63, 3.8) is 0 Å². The largest absolute Gasteiger partial charge is 0.352 e. The Morgan fingerprint density at radius 3 is 3.07 bits per heavy atom. The van der Waals surface area contributed by atoms with Gasteiger partial charge >= 0.3 is 0 Å². The Morgan fingerprint density at radius 1 is 1.71 bits per heavy atom. The fraction of sp³-hybridized carbons (Fsp3) is 0.545. The van der Waals surface area contributed by atoms with Gasteiger partial charge in [-0.2, -0.15) is 0 Å². The van der Waals surface area contributed by atoms with Gasteiger partial charge in [0, 0.05) is 6.04 Å². The summed E-state index contributed by atoms with van der Waals surface area (Å²) in [4.78, 5) is 11.5. The molecule has 3 N–H and O–H groups in total. The van der Waals surface area contributed by atoms with Crippen molar-refractivity contribution < 1.29 is 4.79 Å². The van der Waals surface area contributed by atoms with Crippen molar-refractivity contribution in [2.24, 2.45) is 5.73 Å². The second kappa shape index (κ2) is 5.60. The zero-order chi connectivity index (χ0) is 10.4. The lowest BCUT2D eigenvalue weighted by Gasteiger charge is -2.21. The van der Waals surface area contributed by atoms with Gasteiger partial charge in [-0.25, -0.2) is 0 Å². The molecular weight excluding hydrogens is 176 g/mol. The summed E-state index contributed by atoms with van der Waals surface area (Å²) in [6.45, 7) is 3.56. The highest BCUT2D eigenvalue weighted by Crippen LogP contribution is 2.10. The molecule has 0 bridgehead atoms. The van der Waals surface area contributed by atoms with E-state index in [0.717, 1.165) is 19.3 Å². The molecule has 0 aromatic carbocycles. The lowest BCUT2D eigenvalue weighted by molar-refractivity contribution is -0.123. The van der Waals surface area contributed by atoms with Gasteiger partial charge in [0.25, 0.3) is 0 Å². The van der Waals surface area contributed by atoms with Gasteiger partial charge in [-0.3, -0.25) is 4.79 Å². The fourth-order valence-electron chi connectivity index (χ4n) is 1.52. The predicted molar refractivity (Wildman–Crippen MR) is 57.7 cm³/mol. The summed E-state index contributed by atoms with van der Waals surface area (Å²) in [5.74, 6) is -0.0646. The van der Waals surface area contributed by atoms with Gasteiger partial charge in [0.1, 0.15) is 0 Å². The molecule has 1 aliphatic carbocycles.